The van der Waals surface area contributed by atoms with Crippen molar-refractivity contribution < 1.29 is 31.3 Å². The van der Waals surface area contributed by atoms with E-state index < -0.39 is 31.6 Å². The molecule has 5 aromatic rings. The minimum atomic E-state index is -3.36. The number of nitrogens with one attached hydrogen (secondary N) is 1. The van der Waals surface area contributed by atoms with Crippen molar-refractivity contribution >= 4 is 25.6 Å². The molecule has 12 heteroatoms. The van der Waals surface area contributed by atoms with Gasteiger partial charge in [0.2, 0.25) is 5.89 Å². The van der Waals surface area contributed by atoms with E-state index in [0.717, 1.165) is 29.2 Å². The van der Waals surface area contributed by atoms with Gasteiger partial charge in [-0.05, 0) is 71.1 Å². The first-order valence-electron chi connectivity index (χ1n) is 13.4. The van der Waals surface area contributed by atoms with Gasteiger partial charge in [0, 0.05) is 18.9 Å². The van der Waals surface area contributed by atoms with E-state index in [4.69, 9.17) is 4.52 Å². The number of hydrogen-bond acceptors (Lipinski definition) is 9. The maximum absolute atomic E-state index is 13.5. The molecule has 0 spiro atoms. The molecule has 0 unspecified atom stereocenters. The third-order valence-electron chi connectivity index (χ3n) is 7.01. The molecule has 1 amide bonds. The predicted molar refractivity (Wildman–Crippen MR) is 165 cm³/mol. The van der Waals surface area contributed by atoms with Gasteiger partial charge in [0.25, 0.3) is 5.91 Å². The SMILES string of the molecule is Cc1noc([C@@H](Cc2ccc(-c3ccc(S(C)(=O)=O)cc3)cc2)NC(=O)c2cc(-c3ccc(S(C)(=O)=O)cc3)ccc2O)n1. The summed E-state index contributed by atoms with van der Waals surface area (Å²) in [5.74, 6) is -0.205. The van der Waals surface area contributed by atoms with Crippen LogP contribution in [0.1, 0.15) is 33.7 Å². The van der Waals surface area contributed by atoms with Crippen LogP contribution in [0.2, 0.25) is 0 Å². The van der Waals surface area contributed by atoms with Crippen LogP contribution in [0.5, 0.6) is 5.75 Å². The number of aromatic nitrogens is 2. The van der Waals surface area contributed by atoms with Gasteiger partial charge < -0.3 is 14.9 Å². The Bertz CT molecular complexity index is 2040. The van der Waals surface area contributed by atoms with Crippen molar-refractivity contribution in [1.29, 1.82) is 0 Å². The van der Waals surface area contributed by atoms with Crippen LogP contribution in [-0.4, -0.2) is 50.5 Å². The second-order valence-electron chi connectivity index (χ2n) is 10.4. The summed E-state index contributed by atoms with van der Waals surface area (Å²) in [6.07, 6.45) is 2.59. The van der Waals surface area contributed by atoms with Crippen LogP contribution in [-0.2, 0) is 26.1 Å². The Morgan fingerprint density at radius 3 is 1.73 bits per heavy atom. The second-order valence-corrected chi connectivity index (χ2v) is 14.5. The molecule has 4 aromatic carbocycles. The molecule has 1 aromatic heterocycles. The van der Waals surface area contributed by atoms with Crippen molar-refractivity contribution in [3.63, 3.8) is 0 Å². The minimum Gasteiger partial charge on any atom is -0.507 e. The number of benzene rings is 4. The molecule has 5 rings (SSSR count). The van der Waals surface area contributed by atoms with Crippen LogP contribution in [0, 0.1) is 6.92 Å². The molecule has 0 saturated carbocycles. The van der Waals surface area contributed by atoms with Gasteiger partial charge in [-0.1, -0.05) is 59.8 Å². The smallest absolute Gasteiger partial charge is 0.255 e. The molecule has 0 aliphatic heterocycles. The molecule has 10 nitrogen and oxygen atoms in total. The molecule has 1 atom stereocenters. The third kappa shape index (κ3) is 7.04. The summed E-state index contributed by atoms with van der Waals surface area (Å²) in [5.41, 5.74) is 3.88. The normalized spacial score (nSPS) is 12.5. The lowest BCUT2D eigenvalue weighted by atomic mass is 9.99. The van der Waals surface area contributed by atoms with Gasteiger partial charge in [-0.25, -0.2) is 16.8 Å². The van der Waals surface area contributed by atoms with Crippen molar-refractivity contribution in [2.75, 3.05) is 12.5 Å². The molecule has 0 aliphatic rings. The number of nitrogens with zero attached hydrogens (tertiary/aromatic N) is 2. The Morgan fingerprint density at radius 2 is 1.25 bits per heavy atom. The molecule has 0 aliphatic carbocycles. The summed E-state index contributed by atoms with van der Waals surface area (Å²) in [7, 11) is -6.65. The van der Waals surface area contributed by atoms with Crippen LogP contribution in [0.4, 0.5) is 0 Å². The number of amides is 1. The van der Waals surface area contributed by atoms with Crippen LogP contribution in [0.15, 0.2) is 105 Å². The van der Waals surface area contributed by atoms with E-state index >= 15 is 0 Å². The number of aromatic hydroxyl groups is 1. The van der Waals surface area contributed by atoms with Crippen LogP contribution >= 0.6 is 0 Å². The lowest BCUT2D eigenvalue weighted by Gasteiger charge is -2.17. The summed E-state index contributed by atoms with van der Waals surface area (Å²) in [5, 5.41) is 17.3. The van der Waals surface area contributed by atoms with Gasteiger partial charge in [-0.15, -0.1) is 0 Å². The largest absolute Gasteiger partial charge is 0.507 e. The quantitative estimate of drug-likeness (QED) is 0.230. The highest BCUT2D eigenvalue weighted by Gasteiger charge is 2.24. The van der Waals surface area contributed by atoms with Gasteiger partial charge in [-0.2, -0.15) is 4.98 Å². The number of carbonyl (C=O) groups is 1. The highest BCUT2D eigenvalue weighted by atomic mass is 32.2. The Kier molecular flexibility index (Phi) is 8.40. The van der Waals surface area contributed by atoms with E-state index in [9.17, 15) is 26.7 Å². The third-order valence-corrected chi connectivity index (χ3v) is 9.27. The molecule has 0 fully saturated rings. The van der Waals surface area contributed by atoms with Gasteiger partial charge in [0.15, 0.2) is 25.5 Å². The average molecular weight is 632 g/mol. The Hall–Kier alpha value is -4.81. The molecule has 44 heavy (non-hydrogen) atoms. The fourth-order valence-electron chi connectivity index (χ4n) is 4.65. The summed E-state index contributed by atoms with van der Waals surface area (Å²) >= 11 is 0. The van der Waals surface area contributed by atoms with Crippen molar-refractivity contribution in [2.45, 2.75) is 29.2 Å². The van der Waals surface area contributed by atoms with Crippen molar-refractivity contribution in [1.82, 2.24) is 15.5 Å². The Balaban J connectivity index is 1.37. The first-order valence-corrected chi connectivity index (χ1v) is 17.2. The average Bonchev–Trinajstić information content (AvgIpc) is 3.43. The van der Waals surface area contributed by atoms with Crippen LogP contribution in [0.3, 0.4) is 0 Å². The van der Waals surface area contributed by atoms with Crippen LogP contribution in [0.25, 0.3) is 22.3 Å². The summed E-state index contributed by atoms with van der Waals surface area (Å²) in [6.45, 7) is 1.67. The highest BCUT2D eigenvalue weighted by molar-refractivity contribution is 7.91. The number of rotatable bonds is 9. The molecule has 226 valence electrons. The maximum atomic E-state index is 13.5. The molecule has 1 heterocycles. The molecule has 0 saturated heterocycles. The standard InChI is InChI=1S/C32H29N3O7S2/c1-20-33-32(42-35-20)29(18-21-4-6-22(7-5-21)23-8-13-26(14-9-23)43(2,38)39)34-31(37)28-19-25(12-17-30(28)36)24-10-15-27(16-11-24)44(3,40)41/h4-17,19,29,36H,18H2,1-3H3,(H,34,37)/t29-/m1/s1. The number of phenolic OH excluding ortho intramolecular Hbond substituents is 1. The van der Waals surface area contributed by atoms with E-state index in [-0.39, 0.29) is 27.0 Å². The first-order chi connectivity index (χ1) is 20.8. The molecule has 2 N–H and O–H groups in total. The molecule has 0 bridgehead atoms. The zero-order valence-corrected chi connectivity index (χ0v) is 25.7. The number of hydrogen-bond donors (Lipinski definition) is 2. The zero-order chi connectivity index (χ0) is 31.6. The zero-order valence-electron chi connectivity index (χ0n) is 24.1. The van der Waals surface area contributed by atoms with Crippen LogP contribution < -0.4 is 5.32 Å². The second kappa shape index (κ2) is 12.1. The topological polar surface area (TPSA) is 157 Å². The van der Waals surface area contributed by atoms with E-state index in [1.54, 1.807) is 49.4 Å². The molecule has 0 radical (unpaired) electrons. The van der Waals surface area contributed by atoms with Crippen molar-refractivity contribution in [2.24, 2.45) is 0 Å². The Labute approximate surface area is 255 Å². The number of carbonyl (C=O) groups excluding carboxylic acids is 1. The summed E-state index contributed by atoms with van der Waals surface area (Å²) in [6, 6.07) is 24.3. The summed E-state index contributed by atoms with van der Waals surface area (Å²) in [4.78, 5) is 18.2. The van der Waals surface area contributed by atoms with Gasteiger partial charge in [0.1, 0.15) is 11.8 Å². The van der Waals surface area contributed by atoms with Gasteiger partial charge >= 0.3 is 0 Å². The fourth-order valence-corrected chi connectivity index (χ4v) is 5.91. The van der Waals surface area contributed by atoms with E-state index in [0.29, 0.717) is 23.4 Å². The van der Waals surface area contributed by atoms with E-state index in [2.05, 4.69) is 15.5 Å². The fraction of sp³-hybridized carbons (Fsp3) is 0.156. The first kappa shape index (κ1) is 30.6. The van der Waals surface area contributed by atoms with Gasteiger partial charge in [0.05, 0.1) is 15.4 Å². The Morgan fingerprint density at radius 1 is 0.773 bits per heavy atom. The number of phenols is 1. The monoisotopic (exact) mass is 631 g/mol. The summed E-state index contributed by atoms with van der Waals surface area (Å²) < 4.78 is 52.6. The minimum absolute atomic E-state index is 0.0174. The van der Waals surface area contributed by atoms with E-state index in [1.165, 1.54) is 24.3 Å². The van der Waals surface area contributed by atoms with Crippen molar-refractivity contribution in [3.05, 3.63) is 114 Å². The predicted octanol–water partition coefficient (Wildman–Crippen LogP) is 4.94. The highest BCUT2D eigenvalue weighted by Crippen LogP contribution is 2.29. The molecular formula is C32H29N3O7S2. The van der Waals surface area contributed by atoms with Gasteiger partial charge in [-0.3, -0.25) is 4.79 Å². The lowest BCUT2D eigenvalue weighted by Crippen LogP contribution is -2.30. The van der Waals surface area contributed by atoms with Crippen molar-refractivity contribution in [3.8, 4) is 28.0 Å². The van der Waals surface area contributed by atoms with E-state index in [1.807, 2.05) is 24.3 Å². The molecular weight excluding hydrogens is 603 g/mol. The number of aryl methyl sites for hydroxylation is 1. The number of sulfone groups is 2. The lowest BCUT2D eigenvalue weighted by molar-refractivity contribution is 0.0925. The maximum Gasteiger partial charge on any atom is 0.255 e.